The molecule has 0 bridgehead atoms. The van der Waals surface area contributed by atoms with Crippen molar-refractivity contribution in [3.63, 3.8) is 0 Å². The zero-order valence-electron chi connectivity index (χ0n) is 13.7. The van der Waals surface area contributed by atoms with Gasteiger partial charge < -0.3 is 10.4 Å². The molecule has 1 aliphatic heterocycles. The zero-order chi connectivity index (χ0) is 16.8. The summed E-state index contributed by atoms with van der Waals surface area (Å²) in [4.78, 5) is 14.8. The van der Waals surface area contributed by atoms with Gasteiger partial charge in [0.05, 0.1) is 12.5 Å². The second-order valence-electron chi connectivity index (χ2n) is 6.37. The van der Waals surface area contributed by atoms with Gasteiger partial charge in [-0.15, -0.1) is 11.3 Å². The fourth-order valence-electron chi connectivity index (χ4n) is 3.29. The van der Waals surface area contributed by atoms with E-state index in [1.54, 1.807) is 11.3 Å². The Kier molecular flexibility index (Phi) is 6.01. The first-order valence-corrected chi connectivity index (χ1v) is 9.36. The lowest BCUT2D eigenvalue weighted by molar-refractivity contribution is -0.137. The molecule has 0 radical (unpaired) electrons. The largest absolute Gasteiger partial charge is 0.481 e. The highest BCUT2D eigenvalue weighted by molar-refractivity contribution is 7.10. The van der Waals surface area contributed by atoms with Crippen molar-refractivity contribution in [2.24, 2.45) is 0 Å². The predicted molar refractivity (Wildman–Crippen MR) is 97.2 cm³/mol. The number of carboxylic acids is 1. The predicted octanol–water partition coefficient (Wildman–Crippen LogP) is 3.52. The number of nitrogens with zero attached hydrogens (tertiary/aromatic N) is 1. The second-order valence-corrected chi connectivity index (χ2v) is 7.35. The summed E-state index contributed by atoms with van der Waals surface area (Å²) in [5.41, 5.74) is 1.35. The van der Waals surface area contributed by atoms with Gasteiger partial charge >= 0.3 is 5.97 Å². The highest BCUT2D eigenvalue weighted by Gasteiger charge is 2.24. The third kappa shape index (κ3) is 4.90. The number of thiophene rings is 1. The zero-order valence-corrected chi connectivity index (χ0v) is 14.5. The summed E-state index contributed by atoms with van der Waals surface area (Å²) in [5, 5.41) is 14.8. The molecule has 5 heteroatoms. The van der Waals surface area contributed by atoms with Crippen molar-refractivity contribution in [3.8, 4) is 0 Å². The van der Waals surface area contributed by atoms with Gasteiger partial charge in [0, 0.05) is 17.5 Å². The molecule has 2 heterocycles. The van der Waals surface area contributed by atoms with E-state index in [9.17, 15) is 9.90 Å². The molecule has 1 aromatic heterocycles. The van der Waals surface area contributed by atoms with E-state index in [1.165, 1.54) is 5.56 Å². The molecule has 1 aromatic carbocycles. The van der Waals surface area contributed by atoms with E-state index in [2.05, 4.69) is 34.5 Å². The minimum absolute atomic E-state index is 0.0758. The summed E-state index contributed by atoms with van der Waals surface area (Å²) in [6.07, 6.45) is 2.27. The van der Waals surface area contributed by atoms with Gasteiger partial charge in [-0.25, -0.2) is 0 Å². The molecule has 1 fully saturated rings. The third-order valence-corrected chi connectivity index (χ3v) is 5.52. The summed E-state index contributed by atoms with van der Waals surface area (Å²) in [7, 11) is 0. The van der Waals surface area contributed by atoms with Crippen LogP contribution in [0.3, 0.4) is 0 Å². The van der Waals surface area contributed by atoms with Gasteiger partial charge in [-0.2, -0.15) is 0 Å². The average molecular weight is 344 g/mol. The molecule has 0 aliphatic carbocycles. The van der Waals surface area contributed by atoms with Crippen LogP contribution in [0.2, 0.25) is 0 Å². The topological polar surface area (TPSA) is 52.6 Å². The molecular weight excluding hydrogens is 320 g/mol. The molecule has 1 saturated heterocycles. The van der Waals surface area contributed by atoms with E-state index >= 15 is 0 Å². The van der Waals surface area contributed by atoms with Gasteiger partial charge in [0.2, 0.25) is 0 Å². The van der Waals surface area contributed by atoms with Gasteiger partial charge in [0.15, 0.2) is 0 Å². The minimum Gasteiger partial charge on any atom is -0.481 e. The van der Waals surface area contributed by atoms with Crippen molar-refractivity contribution < 1.29 is 9.90 Å². The lowest BCUT2D eigenvalue weighted by atomic mass is 10.0. The maximum absolute atomic E-state index is 11.2. The number of nitrogens with one attached hydrogen (secondary N) is 1. The molecule has 1 atom stereocenters. The first kappa shape index (κ1) is 17.1. The molecule has 128 valence electrons. The molecule has 1 aliphatic rings. The summed E-state index contributed by atoms with van der Waals surface area (Å²) in [6.45, 7) is 3.10. The Morgan fingerprint density at radius 2 is 1.96 bits per heavy atom. The summed E-state index contributed by atoms with van der Waals surface area (Å²) in [6, 6.07) is 14.9. The van der Waals surface area contributed by atoms with Crippen LogP contribution in [0.4, 0.5) is 0 Å². The molecule has 3 rings (SSSR count). The van der Waals surface area contributed by atoms with E-state index in [1.807, 2.05) is 23.6 Å². The maximum Gasteiger partial charge on any atom is 0.305 e. The van der Waals surface area contributed by atoms with Crippen LogP contribution in [-0.4, -0.2) is 35.1 Å². The van der Waals surface area contributed by atoms with Crippen LogP contribution in [0.25, 0.3) is 0 Å². The highest BCUT2D eigenvalue weighted by atomic mass is 32.1. The van der Waals surface area contributed by atoms with Crippen molar-refractivity contribution in [2.45, 2.75) is 37.9 Å². The highest BCUT2D eigenvalue weighted by Crippen LogP contribution is 2.25. The second kappa shape index (κ2) is 8.42. The maximum atomic E-state index is 11.2. The summed E-state index contributed by atoms with van der Waals surface area (Å²) in [5.74, 6) is -0.748. The van der Waals surface area contributed by atoms with Crippen LogP contribution in [-0.2, 0) is 11.3 Å². The van der Waals surface area contributed by atoms with Gasteiger partial charge in [0.25, 0.3) is 0 Å². The first-order chi connectivity index (χ1) is 11.7. The number of likely N-dealkylation sites (tertiary alicyclic amines) is 1. The molecule has 4 nitrogen and oxygen atoms in total. The Morgan fingerprint density at radius 3 is 2.58 bits per heavy atom. The molecule has 0 spiro atoms. The molecular formula is C19H24N2O2S. The van der Waals surface area contributed by atoms with Crippen molar-refractivity contribution in [3.05, 3.63) is 58.3 Å². The van der Waals surface area contributed by atoms with Crippen LogP contribution in [0.1, 0.15) is 35.7 Å². The molecule has 1 unspecified atom stereocenters. The van der Waals surface area contributed by atoms with Crippen LogP contribution < -0.4 is 5.32 Å². The number of aliphatic carboxylic acids is 1. The number of hydrogen-bond acceptors (Lipinski definition) is 4. The lowest BCUT2D eigenvalue weighted by Crippen LogP contribution is -2.43. The summed E-state index contributed by atoms with van der Waals surface area (Å²) >= 11 is 1.63. The number of carbonyl (C=O) groups is 1. The summed E-state index contributed by atoms with van der Waals surface area (Å²) < 4.78 is 0. The molecule has 24 heavy (non-hydrogen) atoms. The van der Waals surface area contributed by atoms with Crippen LogP contribution in [0, 0.1) is 0 Å². The minimum atomic E-state index is -0.748. The van der Waals surface area contributed by atoms with Gasteiger partial charge in [-0.1, -0.05) is 36.4 Å². The Bertz CT molecular complexity index is 622. The Morgan fingerprint density at radius 1 is 1.21 bits per heavy atom. The SMILES string of the molecule is O=C(O)CC(NC1CCN(Cc2ccccc2)CC1)c1cccs1. The quantitative estimate of drug-likeness (QED) is 0.807. The van der Waals surface area contributed by atoms with Crippen LogP contribution >= 0.6 is 11.3 Å². The molecule has 0 saturated carbocycles. The van der Waals surface area contributed by atoms with Gasteiger partial charge in [-0.05, 0) is 42.9 Å². The number of hydrogen-bond donors (Lipinski definition) is 2. The van der Waals surface area contributed by atoms with E-state index in [-0.39, 0.29) is 12.5 Å². The Labute approximate surface area is 147 Å². The monoisotopic (exact) mass is 344 g/mol. The van der Waals surface area contributed by atoms with Crippen molar-refractivity contribution in [1.82, 2.24) is 10.2 Å². The number of piperidine rings is 1. The van der Waals surface area contributed by atoms with E-state index < -0.39 is 5.97 Å². The third-order valence-electron chi connectivity index (χ3n) is 4.54. The molecule has 0 amide bonds. The van der Waals surface area contributed by atoms with Crippen LogP contribution in [0.5, 0.6) is 0 Å². The normalized spacial score (nSPS) is 17.7. The van der Waals surface area contributed by atoms with E-state index in [0.29, 0.717) is 6.04 Å². The smallest absolute Gasteiger partial charge is 0.305 e. The molecule has 2 N–H and O–H groups in total. The van der Waals surface area contributed by atoms with Crippen molar-refractivity contribution in [2.75, 3.05) is 13.1 Å². The standard InChI is InChI=1S/C19H24N2O2S/c22-19(23)13-17(18-7-4-12-24-18)20-16-8-10-21(11-9-16)14-15-5-2-1-3-6-15/h1-7,12,16-17,20H,8-11,13-14H2,(H,22,23). The first-order valence-electron chi connectivity index (χ1n) is 8.48. The fraction of sp³-hybridized carbons (Fsp3) is 0.421. The van der Waals surface area contributed by atoms with Crippen molar-refractivity contribution >= 4 is 17.3 Å². The molecule has 2 aromatic rings. The van der Waals surface area contributed by atoms with E-state index in [0.717, 1.165) is 37.4 Å². The number of rotatable bonds is 7. The number of benzene rings is 1. The lowest BCUT2D eigenvalue weighted by Gasteiger charge is -2.34. The van der Waals surface area contributed by atoms with Gasteiger partial charge in [0.1, 0.15) is 0 Å². The van der Waals surface area contributed by atoms with Crippen molar-refractivity contribution in [1.29, 1.82) is 0 Å². The Hall–Kier alpha value is -1.69. The van der Waals surface area contributed by atoms with Gasteiger partial charge in [-0.3, -0.25) is 9.69 Å². The average Bonchev–Trinajstić information content (AvgIpc) is 3.11. The fourth-order valence-corrected chi connectivity index (χ4v) is 4.08. The number of carboxylic acid groups (broad SMARTS) is 1. The Balaban J connectivity index is 1.51. The van der Waals surface area contributed by atoms with Crippen LogP contribution in [0.15, 0.2) is 47.8 Å². The van der Waals surface area contributed by atoms with E-state index in [4.69, 9.17) is 0 Å².